The number of fused-ring (bicyclic) bond motifs is 2. The molecule has 2 heterocycles. The van der Waals surface area contributed by atoms with Gasteiger partial charge in [-0.15, -0.1) is 0 Å². The molecule has 7 heteroatoms. The van der Waals surface area contributed by atoms with Crippen molar-refractivity contribution in [3.63, 3.8) is 0 Å². The summed E-state index contributed by atoms with van der Waals surface area (Å²) in [7, 11) is 0. The molecule has 0 spiro atoms. The summed E-state index contributed by atoms with van der Waals surface area (Å²) in [5.41, 5.74) is 0.849. The lowest BCUT2D eigenvalue weighted by Crippen LogP contribution is -2.31. The van der Waals surface area contributed by atoms with Crippen LogP contribution in [0, 0.1) is 5.82 Å². The summed E-state index contributed by atoms with van der Waals surface area (Å²) in [5.74, 6) is -0.850. The highest BCUT2D eigenvalue weighted by atomic mass is 79.9. The maximum atomic E-state index is 13.8. The highest BCUT2D eigenvalue weighted by molar-refractivity contribution is 9.10. The van der Waals surface area contributed by atoms with Gasteiger partial charge in [0.1, 0.15) is 11.4 Å². The standard InChI is InChI=1S/C23H21BrFNO4/c1-13(2)29-10-4-9-26-20(14-5-3-6-15(24)11-14)19-21(27)17-12-16(25)7-8-18(17)30-22(19)23(26)28/h3,5-8,11-13,20H,4,9-10H2,1-2H3. The second-order valence-corrected chi connectivity index (χ2v) is 8.46. The van der Waals surface area contributed by atoms with Crippen LogP contribution in [0.15, 0.2) is 56.1 Å². The number of benzene rings is 2. The van der Waals surface area contributed by atoms with Gasteiger partial charge in [0.2, 0.25) is 5.76 Å². The van der Waals surface area contributed by atoms with Crippen LogP contribution in [-0.4, -0.2) is 30.1 Å². The molecule has 3 aromatic rings. The van der Waals surface area contributed by atoms with E-state index in [4.69, 9.17) is 9.15 Å². The van der Waals surface area contributed by atoms with Crippen molar-refractivity contribution >= 4 is 32.8 Å². The molecular formula is C23H21BrFNO4. The Morgan fingerprint density at radius 3 is 2.73 bits per heavy atom. The first-order valence-electron chi connectivity index (χ1n) is 9.81. The molecule has 30 heavy (non-hydrogen) atoms. The third-order valence-corrected chi connectivity index (χ3v) is 5.58. The van der Waals surface area contributed by atoms with Crippen LogP contribution < -0.4 is 5.43 Å². The van der Waals surface area contributed by atoms with E-state index in [1.54, 1.807) is 4.90 Å². The molecule has 0 aliphatic carbocycles. The van der Waals surface area contributed by atoms with Gasteiger partial charge in [-0.05, 0) is 56.2 Å². The van der Waals surface area contributed by atoms with Gasteiger partial charge in [-0.2, -0.15) is 0 Å². The SMILES string of the molecule is CC(C)OCCCN1C(=O)c2oc3ccc(F)cc3c(=O)c2C1c1cccc(Br)c1. The van der Waals surface area contributed by atoms with Crippen LogP contribution in [0.1, 0.15) is 48.0 Å². The first kappa shape index (κ1) is 20.8. The van der Waals surface area contributed by atoms with Crippen molar-refractivity contribution < 1.29 is 18.3 Å². The van der Waals surface area contributed by atoms with E-state index >= 15 is 0 Å². The van der Waals surface area contributed by atoms with Gasteiger partial charge in [0.15, 0.2) is 5.43 Å². The van der Waals surface area contributed by atoms with Crippen molar-refractivity contribution in [1.29, 1.82) is 0 Å². The van der Waals surface area contributed by atoms with Crippen LogP contribution in [0.3, 0.4) is 0 Å². The molecule has 5 nitrogen and oxygen atoms in total. The average molecular weight is 474 g/mol. The molecule has 1 aliphatic heterocycles. The van der Waals surface area contributed by atoms with E-state index in [-0.39, 0.29) is 39.7 Å². The molecule has 156 valence electrons. The number of hydrogen-bond acceptors (Lipinski definition) is 4. The highest BCUT2D eigenvalue weighted by Gasteiger charge is 2.42. The van der Waals surface area contributed by atoms with Gasteiger partial charge >= 0.3 is 0 Å². The summed E-state index contributed by atoms with van der Waals surface area (Å²) in [6.45, 7) is 4.80. The zero-order chi connectivity index (χ0) is 21.4. The fraction of sp³-hybridized carbons (Fsp3) is 0.304. The van der Waals surface area contributed by atoms with E-state index in [0.29, 0.717) is 19.6 Å². The van der Waals surface area contributed by atoms with Gasteiger partial charge < -0.3 is 14.1 Å². The number of halogens is 2. The van der Waals surface area contributed by atoms with E-state index in [1.165, 1.54) is 12.1 Å². The molecule has 1 amide bonds. The van der Waals surface area contributed by atoms with Gasteiger partial charge in [0, 0.05) is 17.6 Å². The lowest BCUT2D eigenvalue weighted by atomic mass is 9.98. The normalized spacial score (nSPS) is 16.0. The second-order valence-electron chi connectivity index (χ2n) is 7.54. The minimum atomic E-state index is -0.604. The molecule has 0 fully saturated rings. The summed E-state index contributed by atoms with van der Waals surface area (Å²) >= 11 is 3.46. The number of amides is 1. The van der Waals surface area contributed by atoms with Crippen molar-refractivity contribution in [2.24, 2.45) is 0 Å². The summed E-state index contributed by atoms with van der Waals surface area (Å²) < 4.78 is 26.0. The van der Waals surface area contributed by atoms with Gasteiger partial charge in [0.25, 0.3) is 5.91 Å². The van der Waals surface area contributed by atoms with Crippen LogP contribution in [0.2, 0.25) is 0 Å². The van der Waals surface area contributed by atoms with E-state index in [1.807, 2.05) is 38.1 Å². The van der Waals surface area contributed by atoms with Crippen molar-refractivity contribution in [2.75, 3.05) is 13.2 Å². The largest absolute Gasteiger partial charge is 0.450 e. The molecule has 1 unspecified atom stereocenters. The lowest BCUT2D eigenvalue weighted by Gasteiger charge is -2.25. The Morgan fingerprint density at radius 2 is 2.00 bits per heavy atom. The minimum Gasteiger partial charge on any atom is -0.450 e. The zero-order valence-corrected chi connectivity index (χ0v) is 18.2. The number of hydrogen-bond donors (Lipinski definition) is 0. The smallest absolute Gasteiger partial charge is 0.290 e. The number of ether oxygens (including phenoxy) is 1. The van der Waals surface area contributed by atoms with Crippen LogP contribution in [-0.2, 0) is 4.74 Å². The molecule has 4 rings (SSSR count). The summed E-state index contributed by atoms with van der Waals surface area (Å²) in [5, 5.41) is 0.131. The summed E-state index contributed by atoms with van der Waals surface area (Å²) in [6.07, 6.45) is 0.714. The average Bonchev–Trinajstić information content (AvgIpc) is 2.98. The summed E-state index contributed by atoms with van der Waals surface area (Å²) in [4.78, 5) is 28.2. The Balaban J connectivity index is 1.83. The van der Waals surface area contributed by atoms with Crippen LogP contribution in [0.5, 0.6) is 0 Å². The van der Waals surface area contributed by atoms with Crippen molar-refractivity contribution in [3.8, 4) is 0 Å². The zero-order valence-electron chi connectivity index (χ0n) is 16.7. The van der Waals surface area contributed by atoms with E-state index in [9.17, 15) is 14.0 Å². The predicted octanol–water partition coefficient (Wildman–Crippen LogP) is 5.05. The maximum absolute atomic E-state index is 13.8. The predicted molar refractivity (Wildman–Crippen MR) is 115 cm³/mol. The minimum absolute atomic E-state index is 0.0221. The number of carbonyl (C=O) groups is 1. The van der Waals surface area contributed by atoms with Crippen molar-refractivity contribution in [2.45, 2.75) is 32.4 Å². The third kappa shape index (κ3) is 3.79. The van der Waals surface area contributed by atoms with E-state index in [0.717, 1.165) is 16.1 Å². The molecule has 1 atom stereocenters. The number of carbonyl (C=O) groups excluding carboxylic acids is 1. The molecule has 0 radical (unpaired) electrons. The van der Waals surface area contributed by atoms with E-state index in [2.05, 4.69) is 15.9 Å². The molecule has 1 aromatic heterocycles. The molecule has 0 N–H and O–H groups in total. The van der Waals surface area contributed by atoms with Gasteiger partial charge in [0.05, 0.1) is 23.1 Å². The second kappa shape index (κ2) is 8.32. The van der Waals surface area contributed by atoms with Crippen LogP contribution in [0.4, 0.5) is 4.39 Å². The highest BCUT2D eigenvalue weighted by Crippen LogP contribution is 2.38. The molecule has 0 bridgehead atoms. The van der Waals surface area contributed by atoms with E-state index < -0.39 is 11.9 Å². The molecule has 0 saturated heterocycles. The van der Waals surface area contributed by atoms with Gasteiger partial charge in [-0.3, -0.25) is 9.59 Å². The molecule has 2 aromatic carbocycles. The Labute approximate surface area is 181 Å². The molecule has 0 saturated carbocycles. The summed E-state index contributed by atoms with van der Waals surface area (Å²) in [6, 6.07) is 10.6. The lowest BCUT2D eigenvalue weighted by molar-refractivity contribution is 0.0593. The quantitative estimate of drug-likeness (QED) is 0.469. The Morgan fingerprint density at radius 1 is 1.20 bits per heavy atom. The first-order valence-corrected chi connectivity index (χ1v) is 10.6. The molecule has 1 aliphatic rings. The monoisotopic (exact) mass is 473 g/mol. The fourth-order valence-electron chi connectivity index (χ4n) is 3.80. The Kier molecular flexibility index (Phi) is 5.75. The topological polar surface area (TPSA) is 59.8 Å². The Bertz CT molecular complexity index is 1170. The number of nitrogens with zero attached hydrogens (tertiary/aromatic N) is 1. The van der Waals surface area contributed by atoms with Crippen molar-refractivity contribution in [3.05, 3.63) is 79.9 Å². The molecular weight excluding hydrogens is 453 g/mol. The van der Waals surface area contributed by atoms with Crippen LogP contribution in [0.25, 0.3) is 11.0 Å². The van der Waals surface area contributed by atoms with Gasteiger partial charge in [-0.25, -0.2) is 4.39 Å². The maximum Gasteiger partial charge on any atom is 0.290 e. The number of rotatable bonds is 6. The Hall–Kier alpha value is -2.51. The van der Waals surface area contributed by atoms with Gasteiger partial charge in [-0.1, -0.05) is 28.1 Å². The first-order chi connectivity index (χ1) is 14.4. The fourth-order valence-corrected chi connectivity index (χ4v) is 4.22. The third-order valence-electron chi connectivity index (χ3n) is 5.09. The van der Waals surface area contributed by atoms with Crippen LogP contribution >= 0.6 is 15.9 Å². The van der Waals surface area contributed by atoms with Crippen molar-refractivity contribution in [1.82, 2.24) is 4.90 Å².